The van der Waals surface area contributed by atoms with E-state index in [1.54, 1.807) is 12.1 Å². The summed E-state index contributed by atoms with van der Waals surface area (Å²) in [5.41, 5.74) is 0.575. The lowest BCUT2D eigenvalue weighted by molar-refractivity contribution is 0.0793. The van der Waals surface area contributed by atoms with Gasteiger partial charge in [-0.05, 0) is 24.6 Å². The van der Waals surface area contributed by atoms with E-state index >= 15 is 0 Å². The molecule has 1 fully saturated rings. The molecule has 0 N–H and O–H groups in total. The van der Waals surface area contributed by atoms with Crippen LogP contribution in [0.15, 0.2) is 22.7 Å². The summed E-state index contributed by atoms with van der Waals surface area (Å²) < 4.78 is 0.883. The van der Waals surface area contributed by atoms with Gasteiger partial charge in [-0.2, -0.15) is 0 Å². The van der Waals surface area contributed by atoms with Crippen molar-refractivity contribution in [3.8, 4) is 0 Å². The Morgan fingerprint density at radius 3 is 2.81 bits per heavy atom. The van der Waals surface area contributed by atoms with Crippen molar-refractivity contribution in [1.29, 1.82) is 0 Å². The van der Waals surface area contributed by atoms with E-state index < -0.39 is 0 Å². The largest absolute Gasteiger partial charge is 0.337 e. The Kier molecular flexibility index (Phi) is 3.93. The van der Waals surface area contributed by atoms with Crippen LogP contribution in [0.5, 0.6) is 0 Å². The first-order valence-corrected chi connectivity index (χ1v) is 7.05. The lowest BCUT2D eigenvalue weighted by atomic mass is 10.2. The molecule has 1 unspecified atom stereocenters. The van der Waals surface area contributed by atoms with Crippen molar-refractivity contribution in [1.82, 2.24) is 4.90 Å². The molecule has 0 aromatic heterocycles. The summed E-state index contributed by atoms with van der Waals surface area (Å²) in [5.74, 6) is 0.0134. The van der Waals surface area contributed by atoms with E-state index in [1.165, 1.54) is 0 Å². The molecule has 0 saturated carbocycles. The number of carbonyl (C=O) groups is 1. The SMILES string of the molecule is O=C(c1ccc(Br)cc1Cl)N1CCC(Br)C1. The van der Waals surface area contributed by atoms with Crippen molar-refractivity contribution < 1.29 is 4.79 Å². The third-order valence-corrected chi connectivity index (χ3v) is 4.13. The molecular formula is C11H10Br2ClNO. The molecule has 0 radical (unpaired) electrons. The first kappa shape index (κ1) is 12.4. The minimum atomic E-state index is 0.0134. The van der Waals surface area contributed by atoms with Crippen LogP contribution in [-0.2, 0) is 0 Å². The average Bonchev–Trinajstić information content (AvgIpc) is 2.64. The second kappa shape index (κ2) is 5.07. The highest BCUT2D eigenvalue weighted by Gasteiger charge is 2.26. The van der Waals surface area contributed by atoms with Crippen molar-refractivity contribution >= 4 is 49.4 Å². The molecule has 2 rings (SSSR count). The summed E-state index contributed by atoms with van der Waals surface area (Å²) in [7, 11) is 0. The molecule has 0 spiro atoms. The second-order valence-corrected chi connectivity index (χ2v) is 6.38. The van der Waals surface area contributed by atoms with Crippen LogP contribution < -0.4 is 0 Å². The molecule has 2 nitrogen and oxygen atoms in total. The number of halogens is 3. The number of carbonyl (C=O) groups excluding carboxylic acids is 1. The maximum atomic E-state index is 12.1. The van der Waals surface area contributed by atoms with E-state index in [0.717, 1.165) is 24.0 Å². The molecule has 1 atom stereocenters. The number of hydrogen-bond acceptors (Lipinski definition) is 1. The number of amides is 1. The number of nitrogens with zero attached hydrogens (tertiary/aromatic N) is 1. The van der Waals surface area contributed by atoms with Crippen molar-refractivity contribution in [2.75, 3.05) is 13.1 Å². The first-order valence-electron chi connectivity index (χ1n) is 4.96. The monoisotopic (exact) mass is 365 g/mol. The molecular weight excluding hydrogens is 357 g/mol. The second-order valence-electron chi connectivity index (χ2n) is 3.76. The fraction of sp³-hybridized carbons (Fsp3) is 0.364. The minimum absolute atomic E-state index is 0.0134. The smallest absolute Gasteiger partial charge is 0.255 e. The highest BCUT2D eigenvalue weighted by atomic mass is 79.9. The number of alkyl halides is 1. The highest BCUT2D eigenvalue weighted by molar-refractivity contribution is 9.10. The summed E-state index contributed by atoms with van der Waals surface area (Å²) in [6.07, 6.45) is 1.000. The molecule has 86 valence electrons. The van der Waals surface area contributed by atoms with Gasteiger partial charge in [-0.1, -0.05) is 43.5 Å². The fourth-order valence-corrected chi connectivity index (χ4v) is 3.04. The van der Waals surface area contributed by atoms with Gasteiger partial charge in [0.25, 0.3) is 5.91 Å². The molecule has 1 aromatic carbocycles. The van der Waals surface area contributed by atoms with Gasteiger partial charge in [-0.25, -0.2) is 0 Å². The quantitative estimate of drug-likeness (QED) is 0.693. The zero-order valence-corrected chi connectivity index (χ0v) is 12.3. The van der Waals surface area contributed by atoms with E-state index in [4.69, 9.17) is 11.6 Å². The van der Waals surface area contributed by atoms with Crippen LogP contribution >= 0.6 is 43.5 Å². The minimum Gasteiger partial charge on any atom is -0.337 e. The van der Waals surface area contributed by atoms with E-state index in [9.17, 15) is 4.79 Å². The normalized spacial score (nSPS) is 20.2. The van der Waals surface area contributed by atoms with E-state index in [1.807, 2.05) is 11.0 Å². The third kappa shape index (κ3) is 2.60. The van der Waals surface area contributed by atoms with Crippen molar-refractivity contribution in [3.05, 3.63) is 33.3 Å². The predicted octanol–water partition coefficient (Wildman–Crippen LogP) is 3.71. The molecule has 16 heavy (non-hydrogen) atoms. The molecule has 1 heterocycles. The highest BCUT2D eigenvalue weighted by Crippen LogP contribution is 2.25. The van der Waals surface area contributed by atoms with Gasteiger partial charge in [0.15, 0.2) is 0 Å². The number of hydrogen-bond donors (Lipinski definition) is 0. The van der Waals surface area contributed by atoms with Crippen LogP contribution in [0.1, 0.15) is 16.8 Å². The van der Waals surface area contributed by atoms with Gasteiger partial charge in [-0.15, -0.1) is 0 Å². The summed E-state index contributed by atoms with van der Waals surface area (Å²) in [6.45, 7) is 1.55. The predicted molar refractivity (Wildman–Crippen MR) is 72.4 cm³/mol. The lowest BCUT2D eigenvalue weighted by Gasteiger charge is -2.16. The van der Waals surface area contributed by atoms with Crippen LogP contribution in [0, 0.1) is 0 Å². The maximum Gasteiger partial charge on any atom is 0.255 e. The molecule has 1 saturated heterocycles. The molecule has 1 aliphatic rings. The van der Waals surface area contributed by atoms with Gasteiger partial charge in [0.05, 0.1) is 10.6 Å². The maximum absolute atomic E-state index is 12.1. The fourth-order valence-electron chi connectivity index (χ4n) is 1.74. The molecule has 1 amide bonds. The molecule has 0 bridgehead atoms. The van der Waals surface area contributed by atoms with E-state index in [0.29, 0.717) is 15.4 Å². The summed E-state index contributed by atoms with van der Waals surface area (Å²) >= 11 is 12.9. The van der Waals surface area contributed by atoms with Crippen LogP contribution in [0.2, 0.25) is 5.02 Å². The topological polar surface area (TPSA) is 20.3 Å². The van der Waals surface area contributed by atoms with Crippen LogP contribution in [-0.4, -0.2) is 28.7 Å². The molecule has 5 heteroatoms. The van der Waals surface area contributed by atoms with Crippen molar-refractivity contribution in [2.24, 2.45) is 0 Å². The Bertz CT molecular complexity index is 424. The Morgan fingerprint density at radius 2 is 2.25 bits per heavy atom. The standard InChI is InChI=1S/C11H10Br2ClNO/c12-7-1-2-9(10(14)5-7)11(16)15-4-3-8(13)6-15/h1-2,5,8H,3-4,6H2. The third-order valence-electron chi connectivity index (χ3n) is 2.58. The number of benzene rings is 1. The Balaban J connectivity index is 2.21. The molecule has 1 aromatic rings. The zero-order chi connectivity index (χ0) is 11.7. The Labute approximate surface area is 116 Å². The van der Waals surface area contributed by atoms with Crippen LogP contribution in [0.3, 0.4) is 0 Å². The summed E-state index contributed by atoms with van der Waals surface area (Å²) in [6, 6.07) is 5.34. The Morgan fingerprint density at radius 1 is 1.50 bits per heavy atom. The van der Waals surface area contributed by atoms with Gasteiger partial charge >= 0.3 is 0 Å². The number of likely N-dealkylation sites (tertiary alicyclic amines) is 1. The van der Waals surface area contributed by atoms with Crippen LogP contribution in [0.25, 0.3) is 0 Å². The van der Waals surface area contributed by atoms with E-state index in [-0.39, 0.29) is 5.91 Å². The van der Waals surface area contributed by atoms with Gasteiger partial charge in [0.1, 0.15) is 0 Å². The zero-order valence-electron chi connectivity index (χ0n) is 8.42. The Hall–Kier alpha value is -0.0600. The number of rotatable bonds is 1. The van der Waals surface area contributed by atoms with Gasteiger partial charge < -0.3 is 4.90 Å². The lowest BCUT2D eigenvalue weighted by Crippen LogP contribution is -2.28. The van der Waals surface area contributed by atoms with Crippen molar-refractivity contribution in [2.45, 2.75) is 11.2 Å². The summed E-state index contributed by atoms with van der Waals surface area (Å²) in [4.78, 5) is 14.4. The van der Waals surface area contributed by atoms with Crippen LogP contribution in [0.4, 0.5) is 0 Å². The van der Waals surface area contributed by atoms with Crippen molar-refractivity contribution in [3.63, 3.8) is 0 Å². The molecule has 1 aliphatic heterocycles. The molecule has 0 aliphatic carbocycles. The summed E-state index contributed by atoms with van der Waals surface area (Å²) in [5, 5.41) is 0.498. The first-order chi connectivity index (χ1) is 7.58. The van der Waals surface area contributed by atoms with Gasteiger partial charge in [0.2, 0.25) is 0 Å². The van der Waals surface area contributed by atoms with Gasteiger partial charge in [0, 0.05) is 22.4 Å². The average molecular weight is 367 g/mol. The van der Waals surface area contributed by atoms with E-state index in [2.05, 4.69) is 31.9 Å². The van der Waals surface area contributed by atoms with Gasteiger partial charge in [-0.3, -0.25) is 4.79 Å².